The monoisotopic (exact) mass is 482 g/mol. The van der Waals surface area contributed by atoms with Gasteiger partial charge in [0.25, 0.3) is 0 Å². The maximum absolute atomic E-state index is 13.4. The molecule has 0 N–H and O–H groups in total. The van der Waals surface area contributed by atoms with Crippen LogP contribution in [-0.2, 0) is 29.6 Å². The summed E-state index contributed by atoms with van der Waals surface area (Å²) in [6.07, 6.45) is -2.52. The number of hydrogen-bond donors (Lipinski definition) is 0. The van der Waals surface area contributed by atoms with Gasteiger partial charge in [0.15, 0.2) is 0 Å². The zero-order chi connectivity index (χ0) is 23.1. The Morgan fingerprint density at radius 1 is 0.867 bits per heavy atom. The van der Waals surface area contributed by atoms with Gasteiger partial charge in [-0.15, -0.1) is 0 Å². The van der Waals surface area contributed by atoms with Gasteiger partial charge in [0.2, 0.25) is 6.23 Å². The fourth-order valence-corrected chi connectivity index (χ4v) is 5.65. The smallest absolute Gasteiger partial charge is 0.438 e. The summed E-state index contributed by atoms with van der Waals surface area (Å²) in [7, 11) is -12.6. The van der Waals surface area contributed by atoms with E-state index in [-0.39, 0.29) is 4.31 Å². The van der Waals surface area contributed by atoms with Crippen LogP contribution >= 0.6 is 0 Å². The Morgan fingerprint density at radius 2 is 1.27 bits per heavy atom. The number of sulfonamides is 2. The Morgan fingerprint density at radius 3 is 1.70 bits per heavy atom. The number of anilines is 2. The molecule has 16 heteroatoms. The molecule has 168 valence electrons. The van der Waals surface area contributed by atoms with Gasteiger partial charge >= 0.3 is 37.0 Å². The summed E-state index contributed by atoms with van der Waals surface area (Å²) in [6, 6.07) is 1.09. The van der Waals surface area contributed by atoms with E-state index in [4.69, 9.17) is 4.74 Å². The highest BCUT2D eigenvalue weighted by Gasteiger charge is 2.68. The molecule has 1 fully saturated rings. The van der Waals surface area contributed by atoms with E-state index in [9.17, 15) is 48.0 Å². The topological polar surface area (TPSA) is 101 Å². The molecule has 2 aliphatic rings. The number of carbonyl (C=O) groups is 1. The number of fused-ring (bicyclic) bond motifs is 2. The van der Waals surface area contributed by atoms with Crippen molar-refractivity contribution in [1.29, 1.82) is 0 Å². The second kappa shape index (κ2) is 6.15. The Hall–Kier alpha value is -2.23. The third kappa shape index (κ3) is 2.83. The van der Waals surface area contributed by atoms with E-state index in [0.717, 1.165) is 26.0 Å². The number of halogens is 6. The molecular formula is C14H12F6N2O6S2. The van der Waals surface area contributed by atoms with Gasteiger partial charge in [-0.3, -0.25) is 9.10 Å². The predicted octanol–water partition coefficient (Wildman–Crippen LogP) is 2.29. The molecule has 0 bridgehead atoms. The van der Waals surface area contributed by atoms with Crippen molar-refractivity contribution in [3.8, 4) is 0 Å². The number of nitrogens with zero attached hydrogens (tertiary/aromatic N) is 2. The van der Waals surface area contributed by atoms with Crippen molar-refractivity contribution in [1.82, 2.24) is 0 Å². The largest absolute Gasteiger partial charge is 0.516 e. The third-order valence-electron chi connectivity index (χ3n) is 4.71. The molecule has 0 saturated carbocycles. The SMILES string of the molecule is CC1(C)C(=O)OC2C1N(S(=O)(=O)C(F)(F)F)c1ccccc1N2S(=O)(=O)C(F)(F)F. The second-order valence-corrected chi connectivity index (χ2v) is 10.6. The number of benzene rings is 1. The average molecular weight is 482 g/mol. The molecule has 1 aromatic rings. The van der Waals surface area contributed by atoms with Gasteiger partial charge in [-0.05, 0) is 26.0 Å². The normalized spacial score (nSPS) is 24.3. The van der Waals surface area contributed by atoms with Gasteiger partial charge < -0.3 is 4.74 Å². The maximum atomic E-state index is 13.4. The van der Waals surface area contributed by atoms with E-state index in [1.54, 1.807) is 0 Å². The van der Waals surface area contributed by atoms with E-state index in [2.05, 4.69) is 0 Å². The average Bonchev–Trinajstić information content (AvgIpc) is 2.79. The Balaban J connectivity index is 2.43. The molecule has 2 aliphatic heterocycles. The number of ether oxygens (including phenoxy) is 1. The van der Waals surface area contributed by atoms with Crippen LogP contribution < -0.4 is 8.61 Å². The van der Waals surface area contributed by atoms with Crippen LogP contribution in [0.15, 0.2) is 24.3 Å². The van der Waals surface area contributed by atoms with Crippen LogP contribution in [0.1, 0.15) is 13.8 Å². The fourth-order valence-electron chi connectivity index (χ4n) is 3.28. The van der Waals surface area contributed by atoms with Crippen LogP contribution in [0.2, 0.25) is 0 Å². The van der Waals surface area contributed by atoms with Gasteiger partial charge in [-0.1, -0.05) is 12.1 Å². The second-order valence-electron chi connectivity index (χ2n) is 6.94. The molecule has 2 heterocycles. The minimum absolute atomic E-state index is 0.291. The summed E-state index contributed by atoms with van der Waals surface area (Å²) < 4.78 is 133. The minimum atomic E-state index is -6.29. The van der Waals surface area contributed by atoms with Gasteiger partial charge in [0.05, 0.1) is 16.8 Å². The van der Waals surface area contributed by atoms with Gasteiger partial charge in [0.1, 0.15) is 6.04 Å². The van der Waals surface area contributed by atoms with Crippen LogP contribution in [0.4, 0.5) is 37.7 Å². The first-order valence-corrected chi connectivity index (χ1v) is 10.8. The van der Waals surface area contributed by atoms with Gasteiger partial charge in [-0.2, -0.15) is 43.2 Å². The van der Waals surface area contributed by atoms with Crippen LogP contribution in [-0.4, -0.2) is 46.1 Å². The number of hydrogen-bond acceptors (Lipinski definition) is 6. The quantitative estimate of drug-likeness (QED) is 0.474. The number of carbonyl (C=O) groups excluding carboxylic acids is 1. The van der Waals surface area contributed by atoms with E-state index in [1.807, 2.05) is 0 Å². The lowest BCUT2D eigenvalue weighted by Gasteiger charge is -2.46. The standard InChI is InChI=1S/C14H12F6N2O6S2/c1-12(2)9-10(28-11(12)23)22(30(26,27)14(18,19)20)8-6-4-3-5-7(8)21(9)29(24,25)13(15,16)17/h3-6,9-10H,1-2H3. The molecule has 0 aromatic heterocycles. The molecule has 1 saturated heterocycles. The minimum Gasteiger partial charge on any atom is -0.438 e. The summed E-state index contributed by atoms with van der Waals surface area (Å²) >= 11 is 0. The molecule has 2 unspecified atom stereocenters. The van der Waals surface area contributed by atoms with Crippen LogP contribution in [0.3, 0.4) is 0 Å². The number of rotatable bonds is 2. The summed E-state index contributed by atoms with van der Waals surface area (Å²) in [5.74, 6) is -1.38. The lowest BCUT2D eigenvalue weighted by Crippen LogP contribution is -2.64. The molecule has 8 nitrogen and oxygen atoms in total. The first-order chi connectivity index (χ1) is 13.4. The third-order valence-corrected chi connectivity index (χ3v) is 7.74. The molecule has 3 rings (SSSR count). The zero-order valence-electron chi connectivity index (χ0n) is 14.9. The van der Waals surface area contributed by atoms with Crippen LogP contribution in [0, 0.1) is 5.41 Å². The van der Waals surface area contributed by atoms with Crippen LogP contribution in [0.25, 0.3) is 0 Å². The van der Waals surface area contributed by atoms with Crippen molar-refractivity contribution in [3.63, 3.8) is 0 Å². The van der Waals surface area contributed by atoms with E-state index in [0.29, 0.717) is 12.1 Å². The first-order valence-electron chi connectivity index (χ1n) is 7.88. The lowest BCUT2D eigenvalue weighted by molar-refractivity contribution is -0.147. The zero-order valence-corrected chi connectivity index (χ0v) is 16.5. The van der Waals surface area contributed by atoms with E-state index in [1.165, 1.54) is 0 Å². The van der Waals surface area contributed by atoms with Crippen molar-refractivity contribution < 1.29 is 52.7 Å². The van der Waals surface area contributed by atoms with Gasteiger partial charge in [0, 0.05) is 0 Å². The van der Waals surface area contributed by atoms with Crippen molar-refractivity contribution >= 4 is 37.4 Å². The van der Waals surface area contributed by atoms with E-state index < -0.39 is 70.4 Å². The first kappa shape index (κ1) is 22.5. The fraction of sp³-hybridized carbons (Fsp3) is 0.500. The molecule has 0 radical (unpaired) electrons. The number of para-hydroxylation sites is 2. The molecule has 0 aliphatic carbocycles. The van der Waals surface area contributed by atoms with Crippen molar-refractivity contribution in [2.75, 3.05) is 8.61 Å². The van der Waals surface area contributed by atoms with Gasteiger partial charge in [-0.25, -0.2) is 4.31 Å². The Kier molecular flexibility index (Phi) is 4.60. The Labute approximate surface area is 166 Å². The molecule has 0 spiro atoms. The van der Waals surface area contributed by atoms with E-state index >= 15 is 0 Å². The highest BCUT2D eigenvalue weighted by molar-refractivity contribution is 7.94. The number of esters is 1. The lowest BCUT2D eigenvalue weighted by atomic mass is 9.84. The molecule has 2 atom stereocenters. The van der Waals surface area contributed by atoms with Crippen LogP contribution in [0.5, 0.6) is 0 Å². The summed E-state index contributed by atoms with van der Waals surface area (Å²) in [5.41, 5.74) is -16.0. The predicted molar refractivity (Wildman–Crippen MR) is 88.8 cm³/mol. The molecular weight excluding hydrogens is 470 g/mol. The highest BCUT2D eigenvalue weighted by atomic mass is 32.2. The molecule has 30 heavy (non-hydrogen) atoms. The number of alkyl halides is 6. The summed E-state index contributed by atoms with van der Waals surface area (Å²) in [4.78, 5) is 12.2. The van der Waals surface area contributed by atoms with Crippen molar-refractivity contribution in [2.24, 2.45) is 5.41 Å². The summed E-state index contributed by atoms with van der Waals surface area (Å²) in [5, 5.41) is 0. The van der Waals surface area contributed by atoms with Crippen molar-refractivity contribution in [3.05, 3.63) is 24.3 Å². The Bertz CT molecular complexity index is 1110. The summed E-state index contributed by atoms with van der Waals surface area (Å²) in [6.45, 7) is 1.87. The highest BCUT2D eigenvalue weighted by Crippen LogP contribution is 2.53. The molecule has 1 aromatic carbocycles. The van der Waals surface area contributed by atoms with Crippen molar-refractivity contribution in [2.45, 2.75) is 37.1 Å². The molecule has 0 amide bonds. The maximum Gasteiger partial charge on any atom is 0.516 e.